The Hall–Kier alpha value is -2.40. The van der Waals surface area contributed by atoms with Crippen molar-refractivity contribution in [1.82, 2.24) is 14.0 Å². The standard InChI is InChI=1S/C18H18ClN3O2/c1-3-15(23)8-9-21-12(2)10-17(24)22-11-16(20-18(21)22)13-4-6-14(19)7-5-13/h4-7,10-11H,3,8-9H2,1-2H3. The molecule has 0 atom stereocenters. The molecule has 0 unspecified atom stereocenters. The van der Waals surface area contributed by atoms with Gasteiger partial charge in [-0.3, -0.25) is 14.0 Å². The number of hydrogen-bond donors (Lipinski definition) is 0. The van der Waals surface area contributed by atoms with E-state index in [1.165, 1.54) is 4.40 Å². The Kier molecular flexibility index (Phi) is 4.53. The average molecular weight is 344 g/mol. The molecule has 0 fully saturated rings. The second kappa shape index (κ2) is 6.61. The van der Waals surface area contributed by atoms with E-state index < -0.39 is 0 Å². The molecule has 3 rings (SSSR count). The first-order valence-electron chi connectivity index (χ1n) is 7.86. The van der Waals surface area contributed by atoms with E-state index in [1.54, 1.807) is 24.4 Å². The number of Topliss-reactive ketones (excluding diaryl/α,β-unsaturated/α-hetero) is 1. The fourth-order valence-corrected chi connectivity index (χ4v) is 2.78. The van der Waals surface area contributed by atoms with E-state index in [2.05, 4.69) is 4.98 Å². The van der Waals surface area contributed by atoms with Crippen molar-refractivity contribution < 1.29 is 4.79 Å². The number of imidazole rings is 1. The predicted molar refractivity (Wildman–Crippen MR) is 94.6 cm³/mol. The third kappa shape index (κ3) is 3.12. The zero-order valence-electron chi connectivity index (χ0n) is 13.6. The van der Waals surface area contributed by atoms with Gasteiger partial charge >= 0.3 is 0 Å². The number of halogens is 1. The van der Waals surface area contributed by atoms with Gasteiger partial charge in [0, 0.05) is 47.9 Å². The number of rotatable bonds is 5. The molecule has 1 aromatic carbocycles. The van der Waals surface area contributed by atoms with Crippen LogP contribution < -0.4 is 5.56 Å². The third-order valence-electron chi connectivity index (χ3n) is 4.07. The minimum absolute atomic E-state index is 0.131. The Morgan fingerprint density at radius 2 is 1.96 bits per heavy atom. The monoisotopic (exact) mass is 343 g/mol. The summed E-state index contributed by atoms with van der Waals surface area (Å²) in [4.78, 5) is 28.5. The molecule has 0 saturated carbocycles. The van der Waals surface area contributed by atoms with Crippen LogP contribution in [0.5, 0.6) is 0 Å². The lowest BCUT2D eigenvalue weighted by atomic mass is 10.2. The van der Waals surface area contributed by atoms with E-state index in [1.807, 2.05) is 30.5 Å². The summed E-state index contributed by atoms with van der Waals surface area (Å²) < 4.78 is 3.43. The zero-order chi connectivity index (χ0) is 17.3. The molecule has 0 saturated heterocycles. The molecule has 6 heteroatoms. The van der Waals surface area contributed by atoms with E-state index in [0.717, 1.165) is 11.3 Å². The largest absolute Gasteiger partial charge is 0.315 e. The number of aromatic nitrogens is 3. The molecule has 2 aromatic heterocycles. The molecule has 0 radical (unpaired) electrons. The molecule has 0 amide bonds. The van der Waals surface area contributed by atoms with Crippen molar-refractivity contribution in [2.45, 2.75) is 33.2 Å². The van der Waals surface area contributed by atoms with Gasteiger partial charge in [-0.05, 0) is 19.1 Å². The second-order valence-corrected chi connectivity index (χ2v) is 6.16. The van der Waals surface area contributed by atoms with Crippen molar-refractivity contribution in [3.63, 3.8) is 0 Å². The first-order chi connectivity index (χ1) is 11.5. The summed E-state index contributed by atoms with van der Waals surface area (Å²) in [7, 11) is 0. The minimum atomic E-state index is -0.131. The van der Waals surface area contributed by atoms with Crippen LogP contribution in [0, 0.1) is 6.92 Å². The van der Waals surface area contributed by atoms with Crippen molar-refractivity contribution in [3.05, 3.63) is 57.6 Å². The smallest absolute Gasteiger partial charge is 0.259 e. The van der Waals surface area contributed by atoms with Crippen LogP contribution in [0.25, 0.3) is 17.0 Å². The normalized spacial score (nSPS) is 11.1. The maximum atomic E-state index is 12.3. The zero-order valence-corrected chi connectivity index (χ0v) is 14.4. The third-order valence-corrected chi connectivity index (χ3v) is 4.32. The van der Waals surface area contributed by atoms with Crippen LogP contribution in [-0.4, -0.2) is 19.7 Å². The van der Waals surface area contributed by atoms with Crippen LogP contribution in [0.4, 0.5) is 0 Å². The van der Waals surface area contributed by atoms with Gasteiger partial charge in [0.2, 0.25) is 5.78 Å². The number of fused-ring (bicyclic) bond motifs is 1. The topological polar surface area (TPSA) is 56.4 Å². The molecule has 0 aliphatic heterocycles. The molecule has 124 valence electrons. The Morgan fingerprint density at radius 1 is 1.25 bits per heavy atom. The van der Waals surface area contributed by atoms with Crippen LogP contribution >= 0.6 is 11.6 Å². The maximum absolute atomic E-state index is 12.3. The molecule has 0 aliphatic carbocycles. The van der Waals surface area contributed by atoms with Crippen molar-refractivity contribution in [3.8, 4) is 11.3 Å². The van der Waals surface area contributed by atoms with Gasteiger partial charge in [-0.1, -0.05) is 30.7 Å². The SMILES string of the molecule is CCC(=O)CCn1c(C)cc(=O)n2cc(-c3ccc(Cl)cc3)nc12. The van der Waals surface area contributed by atoms with E-state index in [-0.39, 0.29) is 11.3 Å². The van der Waals surface area contributed by atoms with Crippen molar-refractivity contribution in [2.24, 2.45) is 0 Å². The second-order valence-electron chi connectivity index (χ2n) is 5.72. The molecule has 2 heterocycles. The highest BCUT2D eigenvalue weighted by atomic mass is 35.5. The molecule has 0 bridgehead atoms. The summed E-state index contributed by atoms with van der Waals surface area (Å²) in [5.41, 5.74) is 2.25. The summed E-state index contributed by atoms with van der Waals surface area (Å²) in [5, 5.41) is 0.649. The molecule has 0 N–H and O–H groups in total. The molecule has 24 heavy (non-hydrogen) atoms. The minimum Gasteiger partial charge on any atom is -0.315 e. The van der Waals surface area contributed by atoms with Crippen LogP contribution in [-0.2, 0) is 11.3 Å². The van der Waals surface area contributed by atoms with E-state index in [9.17, 15) is 9.59 Å². The lowest BCUT2D eigenvalue weighted by Crippen LogP contribution is -2.19. The number of ketones is 1. The van der Waals surface area contributed by atoms with Gasteiger partial charge in [-0.15, -0.1) is 0 Å². The van der Waals surface area contributed by atoms with Crippen LogP contribution in [0.1, 0.15) is 25.5 Å². The number of carbonyl (C=O) groups is 1. The Labute approximate surface area is 144 Å². The Balaban J connectivity index is 2.10. The van der Waals surface area contributed by atoms with Crippen molar-refractivity contribution >= 4 is 23.2 Å². The van der Waals surface area contributed by atoms with Crippen molar-refractivity contribution in [2.75, 3.05) is 0 Å². The Bertz CT molecular complexity index is 955. The highest BCUT2D eigenvalue weighted by Gasteiger charge is 2.12. The van der Waals surface area contributed by atoms with Crippen LogP contribution in [0.2, 0.25) is 5.02 Å². The number of nitrogens with zero attached hydrogens (tertiary/aromatic N) is 3. The first-order valence-corrected chi connectivity index (χ1v) is 8.24. The van der Waals surface area contributed by atoms with Gasteiger partial charge < -0.3 is 4.57 Å². The summed E-state index contributed by atoms with van der Waals surface area (Å²) in [6.45, 7) is 4.22. The Morgan fingerprint density at radius 3 is 2.62 bits per heavy atom. The lowest BCUT2D eigenvalue weighted by molar-refractivity contribution is -0.118. The van der Waals surface area contributed by atoms with E-state index in [0.29, 0.717) is 35.9 Å². The quantitative estimate of drug-likeness (QED) is 0.712. The molecule has 0 aliphatic rings. The van der Waals surface area contributed by atoms with E-state index >= 15 is 0 Å². The van der Waals surface area contributed by atoms with E-state index in [4.69, 9.17) is 11.6 Å². The van der Waals surface area contributed by atoms with Gasteiger partial charge in [0.05, 0.1) is 5.69 Å². The summed E-state index contributed by atoms with van der Waals surface area (Å²) in [6.07, 6.45) is 2.66. The molecule has 3 aromatic rings. The van der Waals surface area contributed by atoms with Crippen LogP contribution in [0.3, 0.4) is 0 Å². The predicted octanol–water partition coefficient (Wildman–Crippen LogP) is 3.49. The highest BCUT2D eigenvalue weighted by molar-refractivity contribution is 6.30. The maximum Gasteiger partial charge on any atom is 0.259 e. The number of hydrogen-bond acceptors (Lipinski definition) is 3. The highest BCUT2D eigenvalue weighted by Crippen LogP contribution is 2.21. The summed E-state index contributed by atoms with van der Waals surface area (Å²) >= 11 is 5.92. The van der Waals surface area contributed by atoms with Gasteiger partial charge in [0.1, 0.15) is 5.78 Å². The number of aryl methyl sites for hydroxylation is 2. The summed E-state index contributed by atoms with van der Waals surface area (Å²) in [6, 6.07) is 8.88. The van der Waals surface area contributed by atoms with Gasteiger partial charge in [0.25, 0.3) is 5.56 Å². The molecular formula is C18H18ClN3O2. The molecule has 0 spiro atoms. The number of carbonyl (C=O) groups excluding carboxylic acids is 1. The van der Waals surface area contributed by atoms with Crippen LogP contribution in [0.15, 0.2) is 41.3 Å². The fraction of sp³-hybridized carbons (Fsp3) is 0.278. The van der Waals surface area contributed by atoms with Gasteiger partial charge in [-0.25, -0.2) is 4.98 Å². The van der Waals surface area contributed by atoms with Gasteiger partial charge in [0.15, 0.2) is 0 Å². The molecule has 5 nitrogen and oxygen atoms in total. The van der Waals surface area contributed by atoms with Gasteiger partial charge in [-0.2, -0.15) is 0 Å². The summed E-state index contributed by atoms with van der Waals surface area (Å²) in [5.74, 6) is 0.740. The number of benzene rings is 1. The van der Waals surface area contributed by atoms with Crippen molar-refractivity contribution in [1.29, 1.82) is 0 Å². The first kappa shape index (κ1) is 16.5. The molecular weight excluding hydrogens is 326 g/mol. The fourth-order valence-electron chi connectivity index (χ4n) is 2.66. The average Bonchev–Trinajstić information content (AvgIpc) is 3.00. The lowest BCUT2D eigenvalue weighted by Gasteiger charge is -2.11.